The molecule has 1 fully saturated rings. The van der Waals surface area contributed by atoms with Gasteiger partial charge in [0.2, 0.25) is 17.6 Å². The minimum atomic E-state index is -4.54. The number of aromatic nitrogens is 4. The molecule has 1 saturated heterocycles. The van der Waals surface area contributed by atoms with Gasteiger partial charge >= 0.3 is 12.0 Å². The number of amides is 2. The summed E-state index contributed by atoms with van der Waals surface area (Å²) in [5.74, 6) is -1.84. The van der Waals surface area contributed by atoms with E-state index in [1.807, 2.05) is 6.92 Å². The molecule has 2 aliphatic heterocycles. The fraction of sp³-hybridized carbons (Fsp3) is 0.409. The van der Waals surface area contributed by atoms with Crippen molar-refractivity contribution in [3.8, 4) is 0 Å². The molecule has 10 nitrogen and oxygen atoms in total. The van der Waals surface area contributed by atoms with Crippen LogP contribution in [0.3, 0.4) is 0 Å². The number of primary amides is 2. The number of anilines is 3. The van der Waals surface area contributed by atoms with Crippen molar-refractivity contribution >= 4 is 40.2 Å². The topological polar surface area (TPSA) is 138 Å². The smallest absolute Gasteiger partial charge is 0.369 e. The average molecular weight is 489 g/mol. The van der Waals surface area contributed by atoms with Crippen LogP contribution in [-0.2, 0) is 9.59 Å². The van der Waals surface area contributed by atoms with E-state index in [9.17, 15) is 22.8 Å². The molecule has 184 valence electrons. The first-order valence-electron chi connectivity index (χ1n) is 11.1. The Hall–Kier alpha value is -3.90. The third-order valence-electron chi connectivity index (χ3n) is 6.85. The predicted molar refractivity (Wildman–Crippen MR) is 120 cm³/mol. The minimum absolute atomic E-state index is 0.113. The molecule has 35 heavy (non-hydrogen) atoms. The van der Waals surface area contributed by atoms with E-state index in [4.69, 9.17) is 11.5 Å². The van der Waals surface area contributed by atoms with Gasteiger partial charge in [0.05, 0.1) is 24.0 Å². The molecule has 2 bridgehead atoms. The zero-order chi connectivity index (χ0) is 25.2. The molecule has 3 aromatic heterocycles. The lowest BCUT2D eigenvalue weighted by Crippen LogP contribution is -2.66. The number of pyridine rings is 2. The zero-order valence-corrected chi connectivity index (χ0v) is 19.0. The lowest BCUT2D eigenvalue weighted by Gasteiger charge is -2.48. The molecule has 2 amide bonds. The lowest BCUT2D eigenvalue weighted by atomic mass is 9.82. The second kappa shape index (κ2) is 7.82. The Morgan fingerprint density at radius 3 is 2.63 bits per heavy atom. The van der Waals surface area contributed by atoms with Gasteiger partial charge in [0.25, 0.3) is 0 Å². The van der Waals surface area contributed by atoms with Crippen LogP contribution in [0.1, 0.15) is 25.1 Å². The third kappa shape index (κ3) is 3.53. The predicted octanol–water partition coefficient (Wildman–Crippen LogP) is 1.36. The van der Waals surface area contributed by atoms with Gasteiger partial charge in [-0.2, -0.15) is 13.2 Å². The normalized spacial score (nSPS) is 22.7. The quantitative estimate of drug-likeness (QED) is 0.473. The fourth-order valence-electron chi connectivity index (χ4n) is 5.18. The van der Waals surface area contributed by atoms with Gasteiger partial charge in [-0.15, -0.1) is 5.10 Å². The van der Waals surface area contributed by atoms with Crippen molar-refractivity contribution in [2.45, 2.75) is 44.6 Å². The minimum Gasteiger partial charge on any atom is -0.369 e. The number of nitrogens with one attached hydrogen (secondary N) is 1. The highest BCUT2D eigenvalue weighted by atomic mass is 19.4. The van der Waals surface area contributed by atoms with Crippen LogP contribution in [0, 0.1) is 12.8 Å². The standard InChI is InChI=1S/C22H23F3N8O2/c1-10-5-6-13-19(28-10)29-30-20(13)33-12-8-14(17(26)34)16(18(27)35)32(9-12)15-4-3-7-31(21(15)33)11(2)22(23,24)25/h3-7,11-12,14,16H,8-9H2,1-2H3,(H4-,26,27,28,29,30,34,35)/p+1/t11-,12+,14?,16?/m1/s1. The molecular weight excluding hydrogens is 465 g/mol. The molecule has 5 N–H and O–H groups in total. The Morgan fingerprint density at radius 2 is 1.97 bits per heavy atom. The largest absolute Gasteiger partial charge is 0.428 e. The number of carbonyl (C=O) groups is 2. The van der Waals surface area contributed by atoms with Gasteiger partial charge in [-0.3, -0.25) is 14.7 Å². The molecule has 2 unspecified atom stereocenters. The number of carbonyl (C=O) groups excluding carboxylic acids is 2. The van der Waals surface area contributed by atoms with Crippen LogP contribution in [-0.4, -0.2) is 51.8 Å². The zero-order valence-electron chi connectivity index (χ0n) is 19.0. The van der Waals surface area contributed by atoms with E-state index in [-0.39, 0.29) is 18.8 Å². The Bertz CT molecular complexity index is 1340. The number of aryl methyl sites for hydroxylation is 1. The monoisotopic (exact) mass is 489 g/mol. The van der Waals surface area contributed by atoms with Crippen LogP contribution in [0.2, 0.25) is 0 Å². The lowest BCUT2D eigenvalue weighted by molar-refractivity contribution is -0.732. The highest BCUT2D eigenvalue weighted by molar-refractivity contribution is 5.96. The van der Waals surface area contributed by atoms with E-state index < -0.39 is 42.0 Å². The maximum Gasteiger partial charge on any atom is 0.428 e. The molecule has 0 aromatic carbocycles. The molecule has 5 rings (SSSR count). The summed E-state index contributed by atoms with van der Waals surface area (Å²) in [4.78, 5) is 32.5. The highest BCUT2D eigenvalue weighted by Gasteiger charge is 2.55. The van der Waals surface area contributed by atoms with E-state index in [0.29, 0.717) is 22.5 Å². The number of H-pyrrole nitrogens is 1. The number of nitrogens with two attached hydrogens (primary N) is 2. The summed E-state index contributed by atoms with van der Waals surface area (Å²) in [6.07, 6.45) is -3.09. The van der Waals surface area contributed by atoms with Crippen LogP contribution >= 0.6 is 0 Å². The van der Waals surface area contributed by atoms with Crippen molar-refractivity contribution < 1.29 is 27.3 Å². The number of aromatic amines is 1. The average Bonchev–Trinajstić information content (AvgIpc) is 3.19. The molecule has 2 aliphatic rings. The maximum atomic E-state index is 13.9. The first kappa shape index (κ1) is 22.9. The summed E-state index contributed by atoms with van der Waals surface area (Å²) in [7, 11) is 0. The van der Waals surface area contributed by atoms with Gasteiger partial charge in [-0.1, -0.05) is 0 Å². The number of rotatable bonds is 4. The summed E-state index contributed by atoms with van der Waals surface area (Å²) >= 11 is 0. The van der Waals surface area contributed by atoms with Gasteiger partial charge in [0.1, 0.15) is 17.8 Å². The summed E-state index contributed by atoms with van der Waals surface area (Å²) in [6.45, 7) is 3.11. The maximum absolute atomic E-state index is 13.9. The van der Waals surface area contributed by atoms with Crippen molar-refractivity contribution in [2.24, 2.45) is 17.4 Å². The number of piperidine rings is 1. The summed E-state index contributed by atoms with van der Waals surface area (Å²) in [5.41, 5.74) is 12.9. The Kier molecular flexibility index (Phi) is 5.11. The van der Waals surface area contributed by atoms with Crippen molar-refractivity contribution in [2.75, 3.05) is 16.3 Å². The summed E-state index contributed by atoms with van der Waals surface area (Å²) < 4.78 is 42.9. The second-order valence-corrected chi connectivity index (χ2v) is 9.01. The van der Waals surface area contributed by atoms with Gasteiger partial charge in [-0.05, 0) is 38.1 Å². The first-order chi connectivity index (χ1) is 16.5. The molecule has 0 aliphatic carbocycles. The van der Waals surface area contributed by atoms with Crippen LogP contribution < -0.4 is 25.8 Å². The number of nitrogens with zero attached hydrogens (tertiary/aromatic N) is 5. The fourth-order valence-corrected chi connectivity index (χ4v) is 5.18. The molecule has 13 heteroatoms. The second-order valence-electron chi connectivity index (χ2n) is 9.01. The van der Waals surface area contributed by atoms with E-state index >= 15 is 0 Å². The number of fused-ring (bicyclic) bond motifs is 5. The van der Waals surface area contributed by atoms with E-state index in [1.165, 1.54) is 12.3 Å². The van der Waals surface area contributed by atoms with E-state index in [1.54, 1.807) is 28.0 Å². The molecule has 3 aromatic rings. The Balaban J connectivity index is 1.79. The SMILES string of the molecule is Cc1ccc2c(N3c4c(ccc[n+]4[C@H](C)C(F)(F)F)N4C[C@@H]3CC(C(N)=O)C4C(N)=O)n[nH]c2n1. The van der Waals surface area contributed by atoms with Crippen molar-refractivity contribution in [3.05, 3.63) is 36.2 Å². The van der Waals surface area contributed by atoms with E-state index in [0.717, 1.165) is 17.2 Å². The number of alkyl halides is 3. The van der Waals surface area contributed by atoms with Gasteiger partial charge < -0.3 is 16.4 Å². The summed E-state index contributed by atoms with van der Waals surface area (Å²) in [5, 5.41) is 7.88. The van der Waals surface area contributed by atoms with Gasteiger partial charge in [0.15, 0.2) is 11.7 Å². The van der Waals surface area contributed by atoms with Crippen molar-refractivity contribution in [1.82, 2.24) is 15.2 Å². The Labute approximate surface area is 197 Å². The molecular formula is C22H24F3N8O2+. The van der Waals surface area contributed by atoms with Gasteiger partial charge in [-0.25, -0.2) is 14.5 Å². The highest BCUT2D eigenvalue weighted by Crippen LogP contribution is 2.46. The van der Waals surface area contributed by atoms with Gasteiger partial charge in [0, 0.05) is 12.1 Å². The van der Waals surface area contributed by atoms with Crippen LogP contribution in [0.15, 0.2) is 30.5 Å². The molecule has 5 heterocycles. The Morgan fingerprint density at radius 1 is 1.23 bits per heavy atom. The van der Waals surface area contributed by atoms with E-state index in [2.05, 4.69) is 15.2 Å². The first-order valence-corrected chi connectivity index (χ1v) is 11.1. The van der Waals surface area contributed by atoms with Crippen LogP contribution in [0.25, 0.3) is 11.0 Å². The molecule has 0 saturated carbocycles. The van der Waals surface area contributed by atoms with Crippen molar-refractivity contribution in [3.63, 3.8) is 0 Å². The summed E-state index contributed by atoms with van der Waals surface area (Å²) in [6, 6.07) is 3.17. The van der Waals surface area contributed by atoms with Crippen LogP contribution in [0.4, 0.5) is 30.5 Å². The number of hydrogen-bond donors (Lipinski definition) is 3. The number of halogens is 3. The molecule has 0 spiro atoms. The molecule has 4 atom stereocenters. The number of hydrogen-bond acceptors (Lipinski definition) is 6. The van der Waals surface area contributed by atoms with Crippen molar-refractivity contribution in [1.29, 1.82) is 0 Å². The van der Waals surface area contributed by atoms with Crippen LogP contribution in [0.5, 0.6) is 0 Å². The third-order valence-corrected chi connectivity index (χ3v) is 6.85. The molecule has 0 radical (unpaired) electrons.